The van der Waals surface area contributed by atoms with Gasteiger partial charge in [0.1, 0.15) is 84.0 Å². The third kappa shape index (κ3) is 27.6. The standard InChI is InChI=1S/C21H24F3N5O5.2C21H27N5O6.C20H25N5O6/c22-21(23,24)11-3-5-12(6-4-11)26-19(33)15-2-1-9-29(15)20(34)14(10-16(25)30)28-18(32)13-7-8-17(31)27-13;1-11-4-5-12(9-16(11)27)23-20(31)15-3-2-8-26(15)21(32)14(10-17(22)28)25-19(30)13-6-7-18(29)24-13;22-17(28)10-15(25-19(30)14-7-8-18(29)23-14)21(32)26-9-3-6-16(26)20(31)24-13-5-2-1-4-12(13)11-27;21-16(27)10-13(24-18(29)12-7-8-17(28)22-12)20(31)25-9-3-5-14(25)19(30)23-11-4-1-2-6-15(11)26/h3-6,13-15H,1-2,7-10H2,(H2,25,30)(H,26,33)(H,27,31)(H,28,32);4-5,9,13-15,27H,2-3,6-8,10H2,1H3,(H2,22,28)(H,23,31)(H,24,29)(H,25,30);1-2,4-5,14-16,27H,3,6-11H2,(H2,22,28)(H,23,29)(H,24,31)(H,25,30);1-2,4,6,12-14,26H,3,5,7-10H2,(H2,21,27)(H,22,28)(H,23,30)(H,24,29). The van der Waals surface area contributed by atoms with Crippen LogP contribution in [0.4, 0.5) is 35.9 Å². The summed E-state index contributed by atoms with van der Waals surface area (Å²) in [7, 11) is 0. The first-order chi connectivity index (χ1) is 61.2. The zero-order valence-electron chi connectivity index (χ0n) is 70.0. The van der Waals surface area contributed by atoms with Crippen molar-refractivity contribution in [1.82, 2.24) is 62.1 Å². The van der Waals surface area contributed by atoms with Gasteiger partial charge in [-0.2, -0.15) is 13.2 Å². The van der Waals surface area contributed by atoms with E-state index in [-0.39, 0.29) is 124 Å². The van der Waals surface area contributed by atoms with Gasteiger partial charge in [0.25, 0.3) is 0 Å². The summed E-state index contributed by atoms with van der Waals surface area (Å²) in [5, 5.41) is 59.6. The minimum Gasteiger partial charge on any atom is -0.508 e. The highest BCUT2D eigenvalue weighted by molar-refractivity contribution is 6.05. The topological polar surface area (TPSA) is 663 Å². The zero-order chi connectivity index (χ0) is 94.3. The lowest BCUT2D eigenvalue weighted by atomic mass is 10.1. The Balaban J connectivity index is 0.000000194. The second-order valence-electron chi connectivity index (χ2n) is 31.7. The lowest BCUT2D eigenvalue weighted by Gasteiger charge is -2.29. The molecule has 0 bridgehead atoms. The summed E-state index contributed by atoms with van der Waals surface area (Å²) in [5.74, 6) is -11.2. The van der Waals surface area contributed by atoms with E-state index in [1.54, 1.807) is 55.5 Å². The molecule has 8 fully saturated rings. The van der Waals surface area contributed by atoms with Gasteiger partial charge in [0, 0.05) is 80.6 Å². The van der Waals surface area contributed by atoms with E-state index < -0.39 is 204 Å². The van der Waals surface area contributed by atoms with Crippen LogP contribution in [-0.4, -0.2) is 252 Å². The first-order valence-electron chi connectivity index (χ1n) is 41.6. The van der Waals surface area contributed by atoms with Crippen molar-refractivity contribution < 1.29 is 124 Å². The molecule has 8 aliphatic heterocycles. The molecule has 0 spiro atoms. The number of carbonyl (C=O) groups excluding carboxylic acids is 20. The van der Waals surface area contributed by atoms with Crippen LogP contribution in [0.2, 0.25) is 0 Å². The Labute approximate surface area is 734 Å². The number of nitrogens with two attached hydrogens (primary N) is 4. The smallest absolute Gasteiger partial charge is 0.416 e. The number of carbonyl (C=O) groups is 20. The van der Waals surface area contributed by atoms with Gasteiger partial charge in [-0.1, -0.05) is 36.4 Å². The van der Waals surface area contributed by atoms with Crippen molar-refractivity contribution >= 4 is 141 Å². The SMILES string of the molecule is Cc1ccc(NC(=O)C2CCCN2C(=O)C(CC(N)=O)NC(=O)C2CCC(=O)N2)cc1O.NC(=O)CC(NC(=O)C1CCC(=O)N1)C(=O)N1CCCC1C(=O)Nc1ccc(C(F)(F)F)cc1.NC(=O)CC(NC(=O)C1CCC(=O)N1)C(=O)N1CCCC1C(=O)Nc1ccccc1CO.NC(=O)CC(NC(=O)C1CCC(=O)N1)C(=O)N1CCCC1C(=O)Nc1ccccc1O. The molecule has 8 heterocycles. The van der Waals surface area contributed by atoms with E-state index in [0.29, 0.717) is 80.3 Å². The van der Waals surface area contributed by atoms with Gasteiger partial charge in [0.2, 0.25) is 118 Å². The van der Waals surface area contributed by atoms with E-state index >= 15 is 0 Å². The Hall–Kier alpha value is -14.4. The minimum atomic E-state index is -4.52. The fourth-order valence-corrected chi connectivity index (χ4v) is 15.6. The maximum absolute atomic E-state index is 13.2. The Kier molecular flexibility index (Phi) is 34.5. The third-order valence-corrected chi connectivity index (χ3v) is 22.2. The molecule has 12 atom stereocenters. The highest BCUT2D eigenvalue weighted by Gasteiger charge is 2.46. The molecule has 0 saturated carbocycles. The van der Waals surface area contributed by atoms with Gasteiger partial charge < -0.3 is 122 Å². The summed E-state index contributed by atoms with van der Waals surface area (Å²) in [6, 6.07) is 9.93. The Morgan fingerprint density at radius 2 is 0.682 bits per heavy atom. The first-order valence-corrected chi connectivity index (χ1v) is 41.6. The van der Waals surface area contributed by atoms with Crippen LogP contribution in [0.5, 0.6) is 11.5 Å². The fraction of sp³-hybridized carbons (Fsp3) is 0.470. The number of nitrogens with one attached hydrogen (secondary N) is 12. The van der Waals surface area contributed by atoms with Crippen LogP contribution in [-0.2, 0) is 109 Å². The number of benzene rings is 4. The van der Waals surface area contributed by atoms with E-state index in [4.69, 9.17) is 22.9 Å². The number of alkyl halides is 3. The van der Waals surface area contributed by atoms with E-state index in [9.17, 15) is 124 Å². The Morgan fingerprint density at radius 3 is 0.977 bits per heavy atom. The van der Waals surface area contributed by atoms with Crippen LogP contribution in [0.3, 0.4) is 0 Å². The molecule has 4 aromatic rings. The molecule has 4 aromatic carbocycles. The van der Waals surface area contributed by atoms with Crippen LogP contribution >= 0.6 is 0 Å². The largest absolute Gasteiger partial charge is 0.508 e. The van der Waals surface area contributed by atoms with Crippen LogP contribution in [0.1, 0.15) is 145 Å². The van der Waals surface area contributed by atoms with Crippen molar-refractivity contribution in [2.24, 2.45) is 22.9 Å². The molecule has 0 aromatic heterocycles. The minimum absolute atomic E-state index is 0.0328. The fourth-order valence-electron chi connectivity index (χ4n) is 15.6. The quantitative estimate of drug-likeness (QED) is 0.0245. The van der Waals surface area contributed by atoms with Gasteiger partial charge >= 0.3 is 6.18 Å². The van der Waals surface area contributed by atoms with Gasteiger partial charge in [0.05, 0.1) is 43.5 Å². The average molecular weight is 1810 g/mol. The number of aromatic hydroxyl groups is 2. The molecular formula is C83H103F3N20O23. The number of hydrogen-bond acceptors (Lipinski definition) is 23. The zero-order valence-corrected chi connectivity index (χ0v) is 70.0. The normalized spacial score (nSPS) is 21.1. The molecular weight excluding hydrogens is 1700 g/mol. The molecule has 12 unspecified atom stereocenters. The molecule has 8 aliphatic rings. The second kappa shape index (κ2) is 45.2. The molecule has 129 heavy (non-hydrogen) atoms. The number of anilines is 4. The molecule has 20 amide bonds. The molecule has 0 radical (unpaired) electrons. The van der Waals surface area contributed by atoms with E-state index in [0.717, 1.165) is 24.3 Å². The average Bonchev–Trinajstić information content (AvgIpc) is 1.71. The highest BCUT2D eigenvalue weighted by Crippen LogP contribution is 2.33. The lowest BCUT2D eigenvalue weighted by Crippen LogP contribution is -2.56. The number of primary amides is 4. The van der Waals surface area contributed by atoms with Gasteiger partial charge in [0.15, 0.2) is 0 Å². The number of phenols is 2. The number of amides is 20. The number of aryl methyl sites for hydroxylation is 1. The summed E-state index contributed by atoms with van der Waals surface area (Å²) in [6.45, 7) is 2.47. The number of rotatable bonds is 29. The molecule has 694 valence electrons. The number of nitrogens with zero attached hydrogens (tertiary/aromatic N) is 4. The van der Waals surface area contributed by atoms with Crippen molar-refractivity contribution in [2.75, 3.05) is 47.4 Å². The summed E-state index contributed by atoms with van der Waals surface area (Å²) in [6.07, 6.45) is -0.774. The van der Waals surface area contributed by atoms with Crippen LogP contribution in [0, 0.1) is 6.92 Å². The number of hydrogen-bond donors (Lipinski definition) is 19. The molecule has 12 rings (SSSR count). The lowest BCUT2D eigenvalue weighted by molar-refractivity contribution is -0.141. The molecule has 23 N–H and O–H groups in total. The van der Waals surface area contributed by atoms with Crippen LogP contribution < -0.4 is 86.7 Å². The third-order valence-electron chi connectivity index (χ3n) is 22.2. The molecule has 46 heteroatoms. The van der Waals surface area contributed by atoms with E-state index in [1.807, 2.05) is 0 Å². The predicted molar refractivity (Wildman–Crippen MR) is 446 cm³/mol. The Bertz CT molecular complexity index is 4960. The van der Waals surface area contributed by atoms with Gasteiger partial charge in [-0.25, -0.2) is 0 Å². The number of aliphatic hydroxyl groups is 1. The number of phenolic OH excluding ortho intramolecular Hbond substituents is 2. The number of para-hydroxylation sites is 3. The molecule has 8 saturated heterocycles. The summed E-state index contributed by atoms with van der Waals surface area (Å²) < 4.78 is 38.2. The van der Waals surface area contributed by atoms with Gasteiger partial charge in [-0.05, 0) is 138 Å². The number of likely N-dealkylation sites (tertiary alicyclic amines) is 4. The van der Waals surface area contributed by atoms with Crippen molar-refractivity contribution in [1.29, 1.82) is 0 Å². The number of halogens is 3. The molecule has 0 aliphatic carbocycles. The van der Waals surface area contributed by atoms with Crippen molar-refractivity contribution in [2.45, 2.75) is 221 Å². The van der Waals surface area contributed by atoms with Crippen LogP contribution in [0.25, 0.3) is 0 Å². The van der Waals surface area contributed by atoms with Crippen LogP contribution in [0.15, 0.2) is 91.0 Å². The first kappa shape index (κ1) is 98.4. The predicted octanol–water partition coefficient (Wildman–Crippen LogP) is -2.75. The maximum atomic E-state index is 13.2. The van der Waals surface area contributed by atoms with E-state index in [2.05, 4.69) is 63.8 Å². The summed E-state index contributed by atoms with van der Waals surface area (Å²) >= 11 is 0. The highest BCUT2D eigenvalue weighted by atomic mass is 19.4. The van der Waals surface area contributed by atoms with Gasteiger partial charge in [-0.15, -0.1) is 0 Å². The Morgan fingerprint density at radius 1 is 0.388 bits per heavy atom. The van der Waals surface area contributed by atoms with Crippen molar-refractivity contribution in [3.8, 4) is 11.5 Å². The monoisotopic (exact) mass is 1800 g/mol. The van der Waals surface area contributed by atoms with Gasteiger partial charge in [-0.3, -0.25) is 95.9 Å². The van der Waals surface area contributed by atoms with Crippen molar-refractivity contribution in [3.63, 3.8) is 0 Å². The van der Waals surface area contributed by atoms with E-state index in [1.165, 1.54) is 37.8 Å². The summed E-state index contributed by atoms with van der Waals surface area (Å²) in [4.78, 5) is 250. The second-order valence-corrected chi connectivity index (χ2v) is 31.7. The molecule has 43 nitrogen and oxygen atoms in total. The summed E-state index contributed by atoms with van der Waals surface area (Å²) in [5.41, 5.74) is 22.5. The maximum Gasteiger partial charge on any atom is 0.416 e. The number of aliphatic hydroxyl groups excluding tert-OH is 1. The van der Waals surface area contributed by atoms with Crippen molar-refractivity contribution in [3.05, 3.63) is 108 Å².